The molecule has 0 saturated heterocycles. The van der Waals surface area contributed by atoms with E-state index >= 15 is 0 Å². The van der Waals surface area contributed by atoms with Gasteiger partial charge >= 0.3 is 6.18 Å². The number of benzene rings is 1. The van der Waals surface area contributed by atoms with E-state index in [-0.39, 0.29) is 35.2 Å². The normalized spacial score (nSPS) is 11.0. The van der Waals surface area contributed by atoms with Crippen LogP contribution in [0, 0.1) is 0 Å². The molecule has 3 N–H and O–H groups in total. The highest BCUT2D eigenvalue weighted by Gasteiger charge is 2.34. The van der Waals surface area contributed by atoms with Gasteiger partial charge in [0.15, 0.2) is 0 Å². The van der Waals surface area contributed by atoms with Gasteiger partial charge in [-0.1, -0.05) is 12.2 Å². The van der Waals surface area contributed by atoms with E-state index in [2.05, 4.69) is 17.5 Å². The first kappa shape index (κ1) is 17.2. The van der Waals surface area contributed by atoms with Gasteiger partial charge in [0, 0.05) is 19.0 Å². The second-order valence-electron chi connectivity index (χ2n) is 4.20. The molecule has 1 amide bonds. The molecule has 0 saturated carbocycles. The summed E-state index contributed by atoms with van der Waals surface area (Å²) in [6.45, 7) is 0.00289. The summed E-state index contributed by atoms with van der Waals surface area (Å²) in [4.78, 5) is 10.9. The first-order valence-electron chi connectivity index (χ1n) is 6.10. The lowest BCUT2D eigenvalue weighted by Crippen LogP contribution is -2.18. The lowest BCUT2D eigenvalue weighted by atomic mass is 10.1. The van der Waals surface area contributed by atoms with Gasteiger partial charge in [-0.25, -0.2) is 0 Å². The van der Waals surface area contributed by atoms with Crippen LogP contribution in [0.15, 0.2) is 18.2 Å². The Bertz CT molecular complexity index is 533. The van der Waals surface area contributed by atoms with E-state index in [0.717, 1.165) is 6.07 Å². The van der Waals surface area contributed by atoms with E-state index in [0.29, 0.717) is 6.42 Å². The van der Waals surface area contributed by atoms with E-state index in [1.54, 1.807) is 0 Å². The highest BCUT2D eigenvalue weighted by atomic mass is 32.1. The number of amides is 1. The van der Waals surface area contributed by atoms with Crippen molar-refractivity contribution in [3.8, 4) is 5.75 Å². The van der Waals surface area contributed by atoms with Crippen molar-refractivity contribution in [2.24, 2.45) is 5.73 Å². The van der Waals surface area contributed by atoms with Crippen LogP contribution in [0.5, 0.6) is 5.75 Å². The molecule has 8 heteroatoms. The first-order valence-corrected chi connectivity index (χ1v) is 6.51. The highest BCUT2D eigenvalue weighted by Crippen LogP contribution is 2.36. The number of halogens is 3. The molecule has 0 aromatic heterocycles. The molecule has 0 radical (unpaired) electrons. The maximum atomic E-state index is 13.0. The SMILES string of the molecule is CNC(=O)CCCOc1ccc(C(N)=S)cc1C(F)(F)F. The van der Waals surface area contributed by atoms with Crippen molar-refractivity contribution in [3.63, 3.8) is 0 Å². The van der Waals surface area contributed by atoms with Crippen LogP contribution >= 0.6 is 12.2 Å². The van der Waals surface area contributed by atoms with Crippen molar-refractivity contribution in [1.29, 1.82) is 0 Å². The summed E-state index contributed by atoms with van der Waals surface area (Å²) in [6.07, 6.45) is -4.08. The van der Waals surface area contributed by atoms with Gasteiger partial charge in [-0.05, 0) is 24.6 Å². The van der Waals surface area contributed by atoms with E-state index in [1.807, 2.05) is 0 Å². The van der Waals surface area contributed by atoms with Crippen LogP contribution in [-0.2, 0) is 11.0 Å². The second kappa shape index (κ2) is 7.26. The summed E-state index contributed by atoms with van der Waals surface area (Å²) in [7, 11) is 1.49. The molecular weight excluding hydrogens is 305 g/mol. The molecule has 21 heavy (non-hydrogen) atoms. The molecule has 0 aliphatic rings. The van der Waals surface area contributed by atoms with Gasteiger partial charge in [0.1, 0.15) is 10.7 Å². The molecule has 0 aliphatic heterocycles. The predicted molar refractivity (Wildman–Crippen MR) is 76.1 cm³/mol. The van der Waals surface area contributed by atoms with Gasteiger partial charge in [0.05, 0.1) is 12.2 Å². The van der Waals surface area contributed by atoms with E-state index in [4.69, 9.17) is 10.5 Å². The molecule has 1 aromatic carbocycles. The number of rotatable bonds is 6. The van der Waals surface area contributed by atoms with Gasteiger partial charge in [0.2, 0.25) is 5.91 Å². The standard InChI is InChI=1S/C13H15F3N2O2S/c1-18-11(19)3-2-6-20-10-5-4-8(12(17)21)7-9(10)13(14,15)16/h4-5,7H,2-3,6H2,1H3,(H2,17,21)(H,18,19). The fraction of sp³-hybridized carbons (Fsp3) is 0.385. The quantitative estimate of drug-likeness (QED) is 0.623. The summed E-state index contributed by atoms with van der Waals surface area (Å²) in [5, 5.41) is 2.42. The largest absolute Gasteiger partial charge is 0.493 e. The Labute approximate surface area is 125 Å². The molecule has 0 unspecified atom stereocenters. The molecule has 1 rings (SSSR count). The number of hydrogen-bond acceptors (Lipinski definition) is 3. The van der Waals surface area contributed by atoms with Crippen LogP contribution in [0.4, 0.5) is 13.2 Å². The predicted octanol–water partition coefficient (Wildman–Crippen LogP) is 2.24. The summed E-state index contributed by atoms with van der Waals surface area (Å²) < 4.78 is 44.0. The molecule has 4 nitrogen and oxygen atoms in total. The fourth-order valence-corrected chi connectivity index (χ4v) is 1.70. The Morgan fingerprint density at radius 2 is 2.10 bits per heavy atom. The molecule has 116 valence electrons. The minimum Gasteiger partial charge on any atom is -0.493 e. The van der Waals surface area contributed by atoms with Gasteiger partial charge in [-0.2, -0.15) is 13.2 Å². The fourth-order valence-electron chi connectivity index (χ4n) is 1.57. The number of nitrogens with one attached hydrogen (secondary N) is 1. The Hall–Kier alpha value is -1.83. The van der Waals surface area contributed by atoms with E-state index in [1.165, 1.54) is 19.2 Å². The number of thiocarbonyl (C=S) groups is 1. The molecule has 0 aliphatic carbocycles. The smallest absolute Gasteiger partial charge is 0.419 e. The van der Waals surface area contributed by atoms with Crippen LogP contribution in [0.1, 0.15) is 24.0 Å². The maximum Gasteiger partial charge on any atom is 0.419 e. The zero-order chi connectivity index (χ0) is 16.0. The summed E-state index contributed by atoms with van der Waals surface area (Å²) >= 11 is 4.66. The van der Waals surface area contributed by atoms with Crippen molar-refractivity contribution in [1.82, 2.24) is 5.32 Å². The monoisotopic (exact) mass is 320 g/mol. The van der Waals surface area contributed by atoms with Crippen LogP contribution < -0.4 is 15.8 Å². The number of nitrogens with two attached hydrogens (primary N) is 1. The molecule has 1 aromatic rings. The van der Waals surface area contributed by atoms with Crippen molar-refractivity contribution < 1.29 is 22.7 Å². The van der Waals surface area contributed by atoms with Crippen molar-refractivity contribution >= 4 is 23.1 Å². The maximum absolute atomic E-state index is 13.0. The molecule has 0 atom stereocenters. The molecule has 0 fully saturated rings. The van der Waals surface area contributed by atoms with Crippen LogP contribution in [-0.4, -0.2) is 24.6 Å². The van der Waals surface area contributed by atoms with E-state index in [9.17, 15) is 18.0 Å². The average molecular weight is 320 g/mol. The van der Waals surface area contributed by atoms with Crippen molar-refractivity contribution in [3.05, 3.63) is 29.3 Å². The van der Waals surface area contributed by atoms with E-state index < -0.39 is 11.7 Å². The Balaban J connectivity index is 2.82. The molecule has 0 spiro atoms. The van der Waals surface area contributed by atoms with Crippen molar-refractivity contribution in [2.75, 3.05) is 13.7 Å². The Morgan fingerprint density at radius 1 is 1.43 bits per heavy atom. The summed E-state index contributed by atoms with van der Waals surface area (Å²) in [6, 6.07) is 3.40. The lowest BCUT2D eigenvalue weighted by Gasteiger charge is -2.15. The number of ether oxygens (including phenoxy) is 1. The number of carbonyl (C=O) groups excluding carboxylic acids is 1. The molecular formula is C13H15F3N2O2S. The first-order chi connectivity index (χ1) is 9.75. The van der Waals surface area contributed by atoms with Crippen LogP contribution in [0.25, 0.3) is 0 Å². The molecule has 0 bridgehead atoms. The topological polar surface area (TPSA) is 64.3 Å². The van der Waals surface area contributed by atoms with Gasteiger partial charge in [0.25, 0.3) is 0 Å². The summed E-state index contributed by atoms with van der Waals surface area (Å²) in [5.74, 6) is -0.502. The van der Waals surface area contributed by atoms with Crippen LogP contribution in [0.2, 0.25) is 0 Å². The number of carbonyl (C=O) groups is 1. The van der Waals surface area contributed by atoms with Crippen molar-refractivity contribution in [2.45, 2.75) is 19.0 Å². The third-order valence-electron chi connectivity index (χ3n) is 2.65. The second-order valence-corrected chi connectivity index (χ2v) is 4.64. The minimum absolute atomic E-state index is 0.00289. The minimum atomic E-state index is -4.57. The zero-order valence-electron chi connectivity index (χ0n) is 11.3. The number of alkyl halides is 3. The van der Waals surface area contributed by atoms with Gasteiger partial charge in [-0.15, -0.1) is 0 Å². The zero-order valence-corrected chi connectivity index (χ0v) is 12.1. The Morgan fingerprint density at radius 3 is 2.62 bits per heavy atom. The van der Waals surface area contributed by atoms with Gasteiger partial charge in [-0.3, -0.25) is 4.79 Å². The Kier molecular flexibility index (Phi) is 5.95. The number of hydrogen-bond donors (Lipinski definition) is 2. The third kappa shape index (κ3) is 5.22. The van der Waals surface area contributed by atoms with Crippen LogP contribution in [0.3, 0.4) is 0 Å². The average Bonchev–Trinajstić information content (AvgIpc) is 2.42. The molecule has 0 heterocycles. The third-order valence-corrected chi connectivity index (χ3v) is 2.89. The lowest BCUT2D eigenvalue weighted by molar-refractivity contribution is -0.139. The summed E-state index contributed by atoms with van der Waals surface area (Å²) in [5.41, 5.74) is 4.51. The van der Waals surface area contributed by atoms with Gasteiger partial charge < -0.3 is 15.8 Å². The highest BCUT2D eigenvalue weighted by molar-refractivity contribution is 7.80.